The molecule has 0 aromatic rings. The monoisotopic (exact) mass is 288 g/mol. The normalized spacial score (nSPS) is 16.0. The molecule has 0 saturated heterocycles. The van der Waals surface area contributed by atoms with Crippen LogP contribution in [0, 0.1) is 0 Å². The van der Waals surface area contributed by atoms with E-state index in [1.165, 1.54) is 19.8 Å². The van der Waals surface area contributed by atoms with Gasteiger partial charge in [0.2, 0.25) is 0 Å². The molecular formula is C8H19O5P3. The smallest absolute Gasteiger partial charge is 0.180 e. The fraction of sp³-hybridized carbons (Fsp3) is 0.750. The van der Waals surface area contributed by atoms with Crippen molar-refractivity contribution < 1.29 is 23.7 Å². The van der Waals surface area contributed by atoms with Crippen molar-refractivity contribution >= 4 is 23.5 Å². The Bertz CT molecular complexity index is 240. The molecule has 0 radical (unpaired) electrons. The molecule has 5 nitrogen and oxygen atoms in total. The van der Waals surface area contributed by atoms with Crippen LogP contribution in [0.25, 0.3) is 0 Å². The van der Waals surface area contributed by atoms with E-state index in [1.807, 2.05) is 19.9 Å². The molecule has 0 aliphatic heterocycles. The van der Waals surface area contributed by atoms with Crippen LogP contribution in [0.1, 0.15) is 20.3 Å². The molecule has 16 heavy (non-hydrogen) atoms. The molecule has 0 aliphatic rings. The first-order chi connectivity index (χ1) is 7.54. The highest BCUT2D eigenvalue weighted by molar-refractivity contribution is 8.53. The Balaban J connectivity index is 4.18. The quantitative estimate of drug-likeness (QED) is 0.279. The largest absolute Gasteiger partial charge is 0.310 e. The molecule has 0 spiro atoms. The summed E-state index contributed by atoms with van der Waals surface area (Å²) < 4.78 is 21.8. The second-order valence-electron chi connectivity index (χ2n) is 3.22. The van der Waals surface area contributed by atoms with E-state index in [9.17, 15) is 4.57 Å². The minimum atomic E-state index is -2.49. The van der Waals surface area contributed by atoms with Gasteiger partial charge in [0.25, 0.3) is 0 Å². The minimum absolute atomic E-state index is 0.199. The fourth-order valence-corrected chi connectivity index (χ4v) is 5.55. The average molecular weight is 288 g/mol. The van der Waals surface area contributed by atoms with Gasteiger partial charge in [-0.2, -0.15) is 0 Å². The molecule has 2 atom stereocenters. The number of hydrogen-bond donors (Lipinski definition) is 0. The van der Waals surface area contributed by atoms with Gasteiger partial charge < -0.3 is 4.57 Å². The summed E-state index contributed by atoms with van der Waals surface area (Å²) in [5, 5.41) is 0. The van der Waals surface area contributed by atoms with Crippen molar-refractivity contribution in [2.24, 2.45) is 0 Å². The summed E-state index contributed by atoms with van der Waals surface area (Å²) in [5.74, 6) is 0. The number of allylic oxidation sites excluding steroid dienone is 2. The molecule has 0 heterocycles. The van der Waals surface area contributed by atoms with Gasteiger partial charge in [-0.3, -0.25) is 0 Å². The van der Waals surface area contributed by atoms with Crippen LogP contribution in [0.5, 0.6) is 0 Å². The van der Waals surface area contributed by atoms with E-state index in [1.54, 1.807) is 0 Å². The standard InChI is InChI=1S/C8H19O5P3/c1-8(2)6-5-7-16(9,14-12-10-3)15-13-11-4/h6,14-15H,5,7H2,1-4H3. The first-order valence-electron chi connectivity index (χ1n) is 4.70. The summed E-state index contributed by atoms with van der Waals surface area (Å²) in [4.78, 5) is 8.96. The van der Waals surface area contributed by atoms with Crippen LogP contribution in [0.3, 0.4) is 0 Å². The SMILES string of the molecule is COOPP(=O)(CCC=C(C)C)POOC. The molecule has 0 bridgehead atoms. The average Bonchev–Trinajstić information content (AvgIpc) is 2.23. The highest BCUT2D eigenvalue weighted by atomic mass is 32.5. The van der Waals surface area contributed by atoms with E-state index in [2.05, 4.69) is 9.78 Å². The van der Waals surface area contributed by atoms with Gasteiger partial charge in [-0.15, -0.1) is 0 Å². The molecule has 0 saturated carbocycles. The van der Waals surface area contributed by atoms with Gasteiger partial charge in [0, 0.05) is 6.16 Å². The highest BCUT2D eigenvalue weighted by Gasteiger charge is 2.24. The van der Waals surface area contributed by atoms with Crippen LogP contribution in [0.15, 0.2) is 11.6 Å². The molecule has 0 aromatic carbocycles. The van der Waals surface area contributed by atoms with E-state index in [0.717, 1.165) is 6.42 Å². The lowest BCUT2D eigenvalue weighted by Gasteiger charge is -2.14. The van der Waals surface area contributed by atoms with Crippen LogP contribution in [-0.4, -0.2) is 20.4 Å². The molecule has 96 valence electrons. The van der Waals surface area contributed by atoms with E-state index in [0.29, 0.717) is 6.16 Å². The Morgan fingerprint density at radius 2 is 1.69 bits per heavy atom. The van der Waals surface area contributed by atoms with Gasteiger partial charge >= 0.3 is 0 Å². The van der Waals surface area contributed by atoms with Gasteiger partial charge in [-0.1, -0.05) is 11.6 Å². The predicted octanol–water partition coefficient (Wildman–Crippen LogP) is 3.88. The minimum Gasteiger partial charge on any atom is -0.310 e. The van der Waals surface area contributed by atoms with Crippen LogP contribution in [0.4, 0.5) is 0 Å². The van der Waals surface area contributed by atoms with Crippen LogP contribution in [0.2, 0.25) is 0 Å². The summed E-state index contributed by atoms with van der Waals surface area (Å²) >= 11 is 0. The molecule has 8 heteroatoms. The Hall–Kier alpha value is 0.670. The lowest BCUT2D eigenvalue weighted by atomic mass is 10.3. The topological polar surface area (TPSA) is 54.0 Å². The molecule has 0 aliphatic carbocycles. The molecule has 0 rings (SSSR count). The van der Waals surface area contributed by atoms with Crippen molar-refractivity contribution in [3.63, 3.8) is 0 Å². The Kier molecular flexibility index (Phi) is 10.1. The number of hydrogen-bond acceptors (Lipinski definition) is 5. The summed E-state index contributed by atoms with van der Waals surface area (Å²) in [5.41, 5.74) is 1.21. The van der Waals surface area contributed by atoms with Gasteiger partial charge in [0.1, 0.15) is 17.0 Å². The second kappa shape index (κ2) is 9.67. The fourth-order valence-electron chi connectivity index (χ4n) is 0.840. The third kappa shape index (κ3) is 8.78. The van der Waals surface area contributed by atoms with E-state index in [-0.39, 0.29) is 17.0 Å². The van der Waals surface area contributed by atoms with Gasteiger partial charge in [-0.25, -0.2) is 19.1 Å². The lowest BCUT2D eigenvalue weighted by Crippen LogP contribution is -1.84. The molecule has 0 N–H and O–H groups in total. The molecule has 0 aromatic heterocycles. The van der Waals surface area contributed by atoms with Gasteiger partial charge in [-0.05, 0) is 20.3 Å². The van der Waals surface area contributed by atoms with Crippen molar-refractivity contribution in [3.8, 4) is 0 Å². The van der Waals surface area contributed by atoms with Crippen LogP contribution >= 0.6 is 23.5 Å². The maximum absolute atomic E-state index is 12.3. The van der Waals surface area contributed by atoms with E-state index < -0.39 is 6.52 Å². The predicted molar refractivity (Wildman–Crippen MR) is 69.3 cm³/mol. The first kappa shape index (κ1) is 16.7. The summed E-state index contributed by atoms with van der Waals surface area (Å²) in [7, 11) is 2.40. The second-order valence-corrected chi connectivity index (χ2v) is 12.6. The Morgan fingerprint density at radius 3 is 2.06 bits per heavy atom. The molecular weight excluding hydrogens is 269 g/mol. The van der Waals surface area contributed by atoms with E-state index in [4.69, 9.17) is 9.35 Å². The summed E-state index contributed by atoms with van der Waals surface area (Å²) in [6.45, 7) is 1.52. The number of rotatable bonds is 9. The van der Waals surface area contributed by atoms with Crippen molar-refractivity contribution in [1.29, 1.82) is 0 Å². The summed E-state index contributed by atoms with van der Waals surface area (Å²) in [6.07, 6.45) is 3.34. The summed E-state index contributed by atoms with van der Waals surface area (Å²) in [6, 6.07) is 0. The zero-order valence-corrected chi connectivity index (χ0v) is 12.9. The van der Waals surface area contributed by atoms with Crippen molar-refractivity contribution in [1.82, 2.24) is 0 Å². The maximum atomic E-state index is 12.3. The third-order valence-corrected chi connectivity index (χ3v) is 8.69. The maximum Gasteiger partial charge on any atom is 0.180 e. The van der Waals surface area contributed by atoms with Crippen LogP contribution < -0.4 is 0 Å². The van der Waals surface area contributed by atoms with Crippen LogP contribution in [-0.2, 0) is 23.7 Å². The third-order valence-electron chi connectivity index (χ3n) is 1.53. The van der Waals surface area contributed by atoms with Crippen molar-refractivity contribution in [2.45, 2.75) is 20.3 Å². The van der Waals surface area contributed by atoms with E-state index >= 15 is 0 Å². The Morgan fingerprint density at radius 1 is 1.19 bits per heavy atom. The Labute approximate surface area is 100.0 Å². The zero-order valence-electron chi connectivity index (χ0n) is 9.98. The molecule has 0 fully saturated rings. The zero-order chi connectivity index (χ0) is 12.4. The molecule has 2 unspecified atom stereocenters. The highest BCUT2D eigenvalue weighted by Crippen LogP contribution is 2.77. The van der Waals surface area contributed by atoms with Gasteiger partial charge in [0.05, 0.1) is 14.2 Å². The van der Waals surface area contributed by atoms with Crippen molar-refractivity contribution in [2.75, 3.05) is 20.4 Å². The lowest BCUT2D eigenvalue weighted by molar-refractivity contribution is -0.165. The van der Waals surface area contributed by atoms with Crippen molar-refractivity contribution in [3.05, 3.63) is 11.6 Å². The first-order valence-corrected chi connectivity index (χ1v) is 10.1. The molecule has 0 amide bonds. The van der Waals surface area contributed by atoms with Gasteiger partial charge in [0.15, 0.2) is 6.52 Å².